The smallest absolute Gasteiger partial charge is 0.287 e. The molecule has 5 rings (SSSR count). The molecule has 3 heterocycles. The fourth-order valence-corrected chi connectivity index (χ4v) is 3.98. The van der Waals surface area contributed by atoms with Crippen LogP contribution in [0.3, 0.4) is 0 Å². The first-order valence-corrected chi connectivity index (χ1v) is 10.9. The van der Waals surface area contributed by atoms with Crippen LogP contribution in [0.2, 0.25) is 0 Å². The van der Waals surface area contributed by atoms with Gasteiger partial charge in [0.05, 0.1) is 31.7 Å². The highest BCUT2D eigenvalue weighted by Crippen LogP contribution is 2.35. The lowest BCUT2D eigenvalue weighted by Crippen LogP contribution is -2.43. The fraction of sp³-hybridized carbons (Fsp3) is 0.292. The molecular formula is C24H24FN5O4. The quantitative estimate of drug-likeness (QED) is 0.574. The van der Waals surface area contributed by atoms with E-state index in [0.717, 1.165) is 18.7 Å². The number of nitrogens with one attached hydrogen (secondary N) is 2. The van der Waals surface area contributed by atoms with Crippen molar-refractivity contribution in [3.63, 3.8) is 0 Å². The molecule has 1 fully saturated rings. The molecule has 1 unspecified atom stereocenters. The summed E-state index contributed by atoms with van der Waals surface area (Å²) in [6.07, 6.45) is 0.523. The first-order chi connectivity index (χ1) is 16.6. The van der Waals surface area contributed by atoms with Gasteiger partial charge in [-0.3, -0.25) is 9.69 Å². The van der Waals surface area contributed by atoms with Crippen molar-refractivity contribution in [3.05, 3.63) is 60.0 Å². The normalized spacial score (nSPS) is 17.9. The molecule has 0 spiro atoms. The van der Waals surface area contributed by atoms with Crippen molar-refractivity contribution in [1.29, 1.82) is 0 Å². The van der Waals surface area contributed by atoms with Crippen molar-refractivity contribution in [1.82, 2.24) is 14.9 Å². The van der Waals surface area contributed by atoms with Gasteiger partial charge in [-0.2, -0.15) is 0 Å². The molecule has 2 aliphatic heterocycles. The highest BCUT2D eigenvalue weighted by molar-refractivity contribution is 5.99. The number of ether oxygens (including phenoxy) is 3. The number of amides is 1. The van der Waals surface area contributed by atoms with Gasteiger partial charge in [-0.25, -0.2) is 14.4 Å². The fourth-order valence-electron chi connectivity index (χ4n) is 3.98. The number of anilines is 2. The van der Waals surface area contributed by atoms with E-state index >= 15 is 0 Å². The van der Waals surface area contributed by atoms with Crippen molar-refractivity contribution in [2.24, 2.45) is 0 Å². The lowest BCUT2D eigenvalue weighted by Gasteiger charge is -2.31. The molecular weight excluding hydrogens is 441 g/mol. The summed E-state index contributed by atoms with van der Waals surface area (Å²) < 4.78 is 30.4. The van der Waals surface area contributed by atoms with Crippen LogP contribution >= 0.6 is 0 Å². The molecule has 9 nitrogen and oxygen atoms in total. The van der Waals surface area contributed by atoms with Crippen molar-refractivity contribution >= 4 is 17.5 Å². The van der Waals surface area contributed by atoms with Gasteiger partial charge >= 0.3 is 0 Å². The van der Waals surface area contributed by atoms with Gasteiger partial charge in [-0.05, 0) is 24.3 Å². The maximum absolute atomic E-state index is 13.6. The molecule has 0 saturated carbocycles. The second kappa shape index (κ2) is 9.62. The third-order valence-electron chi connectivity index (χ3n) is 5.68. The Morgan fingerprint density at radius 2 is 2.09 bits per heavy atom. The molecule has 0 aliphatic carbocycles. The number of rotatable bonds is 6. The zero-order valence-corrected chi connectivity index (χ0v) is 18.6. The maximum atomic E-state index is 13.6. The topological polar surface area (TPSA) is 97.8 Å². The Bertz CT molecular complexity index is 1200. The summed E-state index contributed by atoms with van der Waals surface area (Å²) in [5, 5.41) is 5.85. The van der Waals surface area contributed by atoms with Crippen LogP contribution in [0.4, 0.5) is 16.0 Å². The van der Waals surface area contributed by atoms with E-state index < -0.39 is 12.0 Å². The number of morpholine rings is 1. The molecule has 34 heavy (non-hydrogen) atoms. The molecule has 0 bridgehead atoms. The van der Waals surface area contributed by atoms with Crippen LogP contribution in [0.25, 0.3) is 11.3 Å². The third-order valence-corrected chi connectivity index (χ3v) is 5.68. The Hall–Kier alpha value is -3.76. The van der Waals surface area contributed by atoms with E-state index in [1.54, 1.807) is 18.3 Å². The number of carbonyl (C=O) groups is 1. The first kappa shape index (κ1) is 22.1. The Morgan fingerprint density at radius 3 is 2.91 bits per heavy atom. The number of halogens is 1. The van der Waals surface area contributed by atoms with Crippen molar-refractivity contribution in [2.75, 3.05) is 44.0 Å². The first-order valence-electron chi connectivity index (χ1n) is 10.9. The number of benzene rings is 2. The second-order valence-corrected chi connectivity index (χ2v) is 7.92. The highest BCUT2D eigenvalue weighted by Gasteiger charge is 2.30. The predicted octanol–water partition coefficient (Wildman–Crippen LogP) is 2.89. The van der Waals surface area contributed by atoms with Crippen LogP contribution in [0.1, 0.15) is 5.56 Å². The van der Waals surface area contributed by atoms with Crippen LogP contribution in [-0.4, -0.2) is 60.4 Å². The zero-order chi connectivity index (χ0) is 23.5. The summed E-state index contributed by atoms with van der Waals surface area (Å²) in [5.74, 6) is 0.384. The third kappa shape index (κ3) is 4.63. The summed E-state index contributed by atoms with van der Waals surface area (Å²) in [4.78, 5) is 23.7. The van der Waals surface area contributed by atoms with Crippen LogP contribution in [-0.2, 0) is 16.1 Å². The number of nitrogens with zero attached hydrogens (tertiary/aromatic N) is 3. The maximum Gasteiger partial charge on any atom is 0.287 e. The number of fused-ring (bicyclic) bond motifs is 1. The summed E-state index contributed by atoms with van der Waals surface area (Å²) in [6, 6.07) is 11.6. The molecule has 2 N–H and O–H groups in total. The van der Waals surface area contributed by atoms with Gasteiger partial charge in [0.2, 0.25) is 5.95 Å². The average molecular weight is 465 g/mol. The van der Waals surface area contributed by atoms with Crippen LogP contribution < -0.4 is 20.1 Å². The molecule has 0 radical (unpaired) electrons. The van der Waals surface area contributed by atoms with E-state index in [4.69, 9.17) is 14.2 Å². The monoisotopic (exact) mass is 465 g/mol. The SMILES string of the molecule is COc1cc(F)ccc1-c1ccnc(NC2Oc3c(CN4CCOCC4)cccc3NC2=O)n1. The number of para-hydroxylation sites is 1. The van der Waals surface area contributed by atoms with Crippen molar-refractivity contribution < 1.29 is 23.4 Å². The molecule has 176 valence electrons. The number of carbonyl (C=O) groups excluding carboxylic acids is 1. The molecule has 2 aliphatic rings. The highest BCUT2D eigenvalue weighted by atomic mass is 19.1. The zero-order valence-electron chi connectivity index (χ0n) is 18.6. The summed E-state index contributed by atoms with van der Waals surface area (Å²) in [7, 11) is 1.46. The number of hydrogen-bond donors (Lipinski definition) is 2. The molecule has 1 atom stereocenters. The minimum Gasteiger partial charge on any atom is -0.496 e. The van der Waals surface area contributed by atoms with Gasteiger partial charge in [-0.15, -0.1) is 0 Å². The van der Waals surface area contributed by atoms with Gasteiger partial charge in [-0.1, -0.05) is 12.1 Å². The summed E-state index contributed by atoms with van der Waals surface area (Å²) in [6.45, 7) is 3.76. The molecule has 10 heteroatoms. The summed E-state index contributed by atoms with van der Waals surface area (Å²) >= 11 is 0. The number of aromatic nitrogens is 2. The van der Waals surface area contributed by atoms with E-state index in [1.165, 1.54) is 19.2 Å². The largest absolute Gasteiger partial charge is 0.496 e. The van der Waals surface area contributed by atoms with Crippen LogP contribution in [0.5, 0.6) is 11.5 Å². The molecule has 2 aromatic carbocycles. The van der Waals surface area contributed by atoms with Crippen LogP contribution in [0, 0.1) is 5.82 Å². The Kier molecular flexibility index (Phi) is 6.24. The minimum absolute atomic E-state index is 0.193. The second-order valence-electron chi connectivity index (χ2n) is 7.92. The van der Waals surface area contributed by atoms with E-state index in [2.05, 4.69) is 25.5 Å². The van der Waals surface area contributed by atoms with Gasteiger partial charge in [0.1, 0.15) is 11.6 Å². The summed E-state index contributed by atoms with van der Waals surface area (Å²) in [5.41, 5.74) is 2.71. The Morgan fingerprint density at radius 1 is 1.24 bits per heavy atom. The Labute approximate surface area is 195 Å². The van der Waals surface area contributed by atoms with Crippen LogP contribution in [0.15, 0.2) is 48.7 Å². The molecule has 1 amide bonds. The lowest BCUT2D eigenvalue weighted by atomic mass is 10.1. The van der Waals surface area contributed by atoms with Crippen molar-refractivity contribution in [2.45, 2.75) is 12.8 Å². The predicted molar refractivity (Wildman–Crippen MR) is 123 cm³/mol. The van der Waals surface area contributed by atoms with E-state index in [9.17, 15) is 9.18 Å². The number of hydrogen-bond acceptors (Lipinski definition) is 8. The number of methoxy groups -OCH3 is 1. The van der Waals surface area contributed by atoms with E-state index in [1.807, 2.05) is 18.2 Å². The Balaban J connectivity index is 1.37. The van der Waals surface area contributed by atoms with Gasteiger partial charge in [0.15, 0.2) is 5.75 Å². The molecule has 3 aromatic rings. The van der Waals surface area contributed by atoms with E-state index in [-0.39, 0.29) is 11.9 Å². The van der Waals surface area contributed by atoms with Gasteiger partial charge < -0.3 is 24.8 Å². The van der Waals surface area contributed by atoms with Gasteiger partial charge in [0, 0.05) is 43.0 Å². The van der Waals surface area contributed by atoms with E-state index in [0.29, 0.717) is 48.2 Å². The average Bonchev–Trinajstić information content (AvgIpc) is 2.85. The minimum atomic E-state index is -1.02. The lowest BCUT2D eigenvalue weighted by molar-refractivity contribution is -0.122. The molecule has 1 saturated heterocycles. The van der Waals surface area contributed by atoms with Crippen molar-refractivity contribution in [3.8, 4) is 22.8 Å². The standard InChI is InChI=1S/C24H24FN5O4/c1-32-20-13-16(25)5-6-17(20)18-7-8-26-24(28-18)29-23-22(31)27-19-4-2-3-15(21(19)34-23)14-30-9-11-33-12-10-30/h2-8,13,23H,9-12,14H2,1H3,(H,27,31)(H,26,28,29). The van der Waals surface area contributed by atoms with Gasteiger partial charge in [0.25, 0.3) is 12.1 Å². The molecule has 1 aromatic heterocycles.